The maximum absolute atomic E-state index is 3.58. The van der Waals surface area contributed by atoms with Crippen LogP contribution < -0.4 is 5.32 Å². The standard InChI is InChI=1S/C11H22N2/c1-10(13-7-2-3-8-13)9-11-5-4-6-12-11/h10-12H,2-9H2,1H3. The van der Waals surface area contributed by atoms with Gasteiger partial charge in [0.2, 0.25) is 0 Å². The van der Waals surface area contributed by atoms with Gasteiger partial charge in [-0.3, -0.25) is 0 Å². The first-order valence-electron chi connectivity index (χ1n) is 5.83. The minimum atomic E-state index is 0.804. The highest BCUT2D eigenvalue weighted by atomic mass is 15.2. The van der Waals surface area contributed by atoms with E-state index in [9.17, 15) is 0 Å². The quantitative estimate of drug-likeness (QED) is 0.713. The van der Waals surface area contributed by atoms with Crippen molar-refractivity contribution >= 4 is 0 Å². The number of rotatable bonds is 3. The van der Waals surface area contributed by atoms with E-state index in [4.69, 9.17) is 0 Å². The van der Waals surface area contributed by atoms with Crippen molar-refractivity contribution in [1.29, 1.82) is 0 Å². The molecule has 2 atom stereocenters. The summed E-state index contributed by atoms with van der Waals surface area (Å²) >= 11 is 0. The first-order valence-corrected chi connectivity index (χ1v) is 5.83. The van der Waals surface area contributed by atoms with Crippen LogP contribution in [0.15, 0.2) is 0 Å². The van der Waals surface area contributed by atoms with Gasteiger partial charge in [-0.2, -0.15) is 0 Å². The molecule has 1 N–H and O–H groups in total. The topological polar surface area (TPSA) is 15.3 Å². The number of hydrogen-bond acceptors (Lipinski definition) is 2. The van der Waals surface area contributed by atoms with Crippen LogP contribution >= 0.6 is 0 Å². The van der Waals surface area contributed by atoms with Gasteiger partial charge in [0, 0.05) is 12.1 Å². The SMILES string of the molecule is CC(CC1CCCN1)N1CCCC1. The third kappa shape index (κ3) is 2.44. The maximum Gasteiger partial charge on any atom is 0.00823 e. The number of hydrogen-bond donors (Lipinski definition) is 1. The zero-order valence-corrected chi connectivity index (χ0v) is 8.76. The van der Waals surface area contributed by atoms with E-state index < -0.39 is 0 Å². The van der Waals surface area contributed by atoms with Crippen molar-refractivity contribution in [3.8, 4) is 0 Å². The fourth-order valence-corrected chi connectivity index (χ4v) is 2.70. The largest absolute Gasteiger partial charge is 0.314 e. The first kappa shape index (κ1) is 9.47. The molecule has 2 rings (SSSR count). The Hall–Kier alpha value is -0.0800. The van der Waals surface area contributed by atoms with E-state index in [1.165, 1.54) is 51.7 Å². The molecule has 0 aliphatic carbocycles. The average Bonchev–Trinajstić information content (AvgIpc) is 2.74. The predicted octanol–water partition coefficient (Wildman–Crippen LogP) is 1.61. The maximum atomic E-state index is 3.58. The molecule has 0 aromatic rings. The van der Waals surface area contributed by atoms with Crippen LogP contribution in [-0.2, 0) is 0 Å². The number of nitrogens with one attached hydrogen (secondary N) is 1. The highest BCUT2D eigenvalue weighted by molar-refractivity contribution is 4.81. The fourth-order valence-electron chi connectivity index (χ4n) is 2.70. The van der Waals surface area contributed by atoms with Crippen molar-refractivity contribution in [2.45, 2.75) is 51.1 Å². The molecule has 2 unspecified atom stereocenters. The van der Waals surface area contributed by atoms with Gasteiger partial charge in [0.15, 0.2) is 0 Å². The summed E-state index contributed by atoms with van der Waals surface area (Å²) in [6, 6.07) is 1.62. The van der Waals surface area contributed by atoms with Crippen molar-refractivity contribution in [2.75, 3.05) is 19.6 Å². The molecule has 0 radical (unpaired) electrons. The Balaban J connectivity index is 1.73. The van der Waals surface area contributed by atoms with Crippen LogP contribution in [0, 0.1) is 0 Å². The number of nitrogens with zero attached hydrogens (tertiary/aromatic N) is 1. The van der Waals surface area contributed by atoms with Crippen LogP contribution in [-0.4, -0.2) is 36.6 Å². The average molecular weight is 182 g/mol. The molecule has 76 valence electrons. The van der Waals surface area contributed by atoms with Gasteiger partial charge in [-0.1, -0.05) is 0 Å². The third-order valence-corrected chi connectivity index (χ3v) is 3.55. The van der Waals surface area contributed by atoms with E-state index in [-0.39, 0.29) is 0 Å². The fraction of sp³-hybridized carbons (Fsp3) is 1.00. The molecule has 2 heterocycles. The van der Waals surface area contributed by atoms with Crippen molar-refractivity contribution in [2.24, 2.45) is 0 Å². The summed E-state index contributed by atoms with van der Waals surface area (Å²) in [5.74, 6) is 0. The van der Waals surface area contributed by atoms with Gasteiger partial charge in [-0.05, 0) is 58.7 Å². The molecule has 0 spiro atoms. The summed E-state index contributed by atoms with van der Waals surface area (Å²) in [5.41, 5.74) is 0. The molecular weight excluding hydrogens is 160 g/mol. The molecule has 2 fully saturated rings. The first-order chi connectivity index (χ1) is 6.36. The van der Waals surface area contributed by atoms with E-state index in [1.807, 2.05) is 0 Å². The molecule has 0 saturated carbocycles. The highest BCUT2D eigenvalue weighted by Crippen LogP contribution is 2.18. The minimum Gasteiger partial charge on any atom is -0.314 e. The van der Waals surface area contributed by atoms with Crippen molar-refractivity contribution in [3.05, 3.63) is 0 Å². The summed E-state index contributed by atoms with van der Waals surface area (Å²) in [6.07, 6.45) is 6.99. The Morgan fingerprint density at radius 3 is 2.69 bits per heavy atom. The Bertz CT molecular complexity index is 146. The smallest absolute Gasteiger partial charge is 0.00823 e. The van der Waals surface area contributed by atoms with Crippen LogP contribution in [0.5, 0.6) is 0 Å². The van der Waals surface area contributed by atoms with E-state index in [2.05, 4.69) is 17.1 Å². The van der Waals surface area contributed by atoms with Crippen molar-refractivity contribution in [3.63, 3.8) is 0 Å². The Labute approximate surface area is 81.7 Å². The van der Waals surface area contributed by atoms with Gasteiger partial charge in [0.05, 0.1) is 0 Å². The number of likely N-dealkylation sites (tertiary alicyclic amines) is 1. The molecule has 0 aromatic carbocycles. The van der Waals surface area contributed by atoms with E-state index in [0.717, 1.165) is 12.1 Å². The lowest BCUT2D eigenvalue weighted by Crippen LogP contribution is -2.36. The molecule has 0 aromatic heterocycles. The molecule has 2 aliphatic heterocycles. The third-order valence-electron chi connectivity index (χ3n) is 3.55. The minimum absolute atomic E-state index is 0.804. The van der Waals surface area contributed by atoms with Crippen LogP contribution in [0.25, 0.3) is 0 Å². The molecule has 0 amide bonds. The second-order valence-corrected chi connectivity index (χ2v) is 4.62. The highest BCUT2D eigenvalue weighted by Gasteiger charge is 2.22. The second kappa shape index (κ2) is 4.43. The van der Waals surface area contributed by atoms with E-state index >= 15 is 0 Å². The molecular formula is C11H22N2. The van der Waals surface area contributed by atoms with Crippen molar-refractivity contribution in [1.82, 2.24) is 10.2 Å². The summed E-state index contributed by atoms with van der Waals surface area (Å²) in [7, 11) is 0. The zero-order chi connectivity index (χ0) is 9.10. The lowest BCUT2D eigenvalue weighted by atomic mass is 10.1. The Morgan fingerprint density at radius 2 is 2.08 bits per heavy atom. The molecule has 2 nitrogen and oxygen atoms in total. The monoisotopic (exact) mass is 182 g/mol. The molecule has 2 saturated heterocycles. The molecule has 2 heteroatoms. The van der Waals surface area contributed by atoms with Gasteiger partial charge in [-0.25, -0.2) is 0 Å². The van der Waals surface area contributed by atoms with E-state index in [1.54, 1.807) is 0 Å². The summed E-state index contributed by atoms with van der Waals surface area (Å²) in [6.45, 7) is 6.32. The summed E-state index contributed by atoms with van der Waals surface area (Å²) in [5, 5.41) is 3.58. The van der Waals surface area contributed by atoms with Crippen LogP contribution in [0.1, 0.15) is 39.0 Å². The normalized spacial score (nSPS) is 32.5. The summed E-state index contributed by atoms with van der Waals surface area (Å²) in [4.78, 5) is 2.65. The lowest BCUT2D eigenvalue weighted by molar-refractivity contribution is 0.232. The van der Waals surface area contributed by atoms with Crippen LogP contribution in [0.3, 0.4) is 0 Å². The van der Waals surface area contributed by atoms with Gasteiger partial charge in [-0.15, -0.1) is 0 Å². The van der Waals surface area contributed by atoms with Gasteiger partial charge >= 0.3 is 0 Å². The summed E-state index contributed by atoms with van der Waals surface area (Å²) < 4.78 is 0. The van der Waals surface area contributed by atoms with Gasteiger partial charge in [0.25, 0.3) is 0 Å². The van der Waals surface area contributed by atoms with E-state index in [0.29, 0.717) is 0 Å². The zero-order valence-electron chi connectivity index (χ0n) is 8.76. The van der Waals surface area contributed by atoms with Crippen LogP contribution in [0.2, 0.25) is 0 Å². The molecule has 2 aliphatic rings. The van der Waals surface area contributed by atoms with Crippen molar-refractivity contribution < 1.29 is 0 Å². The lowest BCUT2D eigenvalue weighted by Gasteiger charge is -2.26. The predicted molar refractivity (Wildman–Crippen MR) is 55.9 cm³/mol. The molecule has 13 heavy (non-hydrogen) atoms. The van der Waals surface area contributed by atoms with Gasteiger partial charge in [0.1, 0.15) is 0 Å². The van der Waals surface area contributed by atoms with Crippen LogP contribution in [0.4, 0.5) is 0 Å². The Kier molecular flexibility index (Phi) is 3.23. The second-order valence-electron chi connectivity index (χ2n) is 4.62. The van der Waals surface area contributed by atoms with Gasteiger partial charge < -0.3 is 10.2 Å². The molecule has 0 bridgehead atoms. The Morgan fingerprint density at radius 1 is 1.31 bits per heavy atom.